The standard InChI is InChI=1S/C12H8ClFN2O2/c1-7-10(8-2-3-15-12(13)4-8)5-9(16(17)18)6-11(7)14/h2-6H,1H3. The summed E-state index contributed by atoms with van der Waals surface area (Å²) < 4.78 is 13.6. The van der Waals surface area contributed by atoms with E-state index in [1.54, 1.807) is 13.0 Å². The van der Waals surface area contributed by atoms with Gasteiger partial charge in [0.2, 0.25) is 0 Å². The van der Waals surface area contributed by atoms with Gasteiger partial charge in [-0.3, -0.25) is 10.1 Å². The Labute approximate surface area is 107 Å². The molecule has 0 aliphatic heterocycles. The Bertz CT molecular complexity index is 631. The molecule has 0 aliphatic carbocycles. The predicted octanol–water partition coefficient (Wildman–Crippen LogP) is 3.76. The van der Waals surface area contributed by atoms with Gasteiger partial charge in [0.05, 0.1) is 11.0 Å². The highest BCUT2D eigenvalue weighted by Crippen LogP contribution is 2.30. The summed E-state index contributed by atoms with van der Waals surface area (Å²) in [6, 6.07) is 5.39. The summed E-state index contributed by atoms with van der Waals surface area (Å²) in [5.41, 5.74) is 1.07. The number of benzene rings is 1. The van der Waals surface area contributed by atoms with Crippen LogP contribution in [0.1, 0.15) is 5.56 Å². The van der Waals surface area contributed by atoms with Gasteiger partial charge in [0.1, 0.15) is 11.0 Å². The van der Waals surface area contributed by atoms with Gasteiger partial charge in [0.25, 0.3) is 5.69 Å². The molecule has 2 rings (SSSR count). The molecule has 1 aromatic heterocycles. The maximum atomic E-state index is 13.6. The van der Waals surface area contributed by atoms with Crippen LogP contribution >= 0.6 is 11.6 Å². The summed E-state index contributed by atoms with van der Waals surface area (Å²) >= 11 is 5.75. The Morgan fingerprint density at radius 3 is 2.72 bits per heavy atom. The molecule has 0 aliphatic rings. The lowest BCUT2D eigenvalue weighted by atomic mass is 10.0. The zero-order valence-electron chi connectivity index (χ0n) is 9.35. The van der Waals surface area contributed by atoms with Gasteiger partial charge < -0.3 is 0 Å². The quantitative estimate of drug-likeness (QED) is 0.472. The predicted molar refractivity (Wildman–Crippen MR) is 66.0 cm³/mol. The van der Waals surface area contributed by atoms with Crippen LogP contribution in [0, 0.1) is 22.9 Å². The van der Waals surface area contributed by atoms with Crippen molar-refractivity contribution in [2.75, 3.05) is 0 Å². The second-order valence-corrected chi connectivity index (χ2v) is 4.11. The third-order valence-corrected chi connectivity index (χ3v) is 2.78. The van der Waals surface area contributed by atoms with Gasteiger partial charge in [0, 0.05) is 12.3 Å². The lowest BCUT2D eigenvalue weighted by Gasteiger charge is -2.07. The van der Waals surface area contributed by atoms with E-state index in [0.717, 1.165) is 6.07 Å². The number of hydrogen-bond acceptors (Lipinski definition) is 3. The molecule has 0 unspecified atom stereocenters. The van der Waals surface area contributed by atoms with Gasteiger partial charge >= 0.3 is 0 Å². The highest BCUT2D eigenvalue weighted by molar-refractivity contribution is 6.29. The number of pyridine rings is 1. The number of rotatable bonds is 2. The third kappa shape index (κ3) is 2.31. The number of non-ortho nitro benzene ring substituents is 1. The molecule has 1 aromatic carbocycles. The monoisotopic (exact) mass is 266 g/mol. The molecule has 0 N–H and O–H groups in total. The molecular formula is C12H8ClFN2O2. The van der Waals surface area contributed by atoms with Gasteiger partial charge in [-0.25, -0.2) is 9.37 Å². The van der Waals surface area contributed by atoms with E-state index in [-0.39, 0.29) is 10.8 Å². The number of hydrogen-bond donors (Lipinski definition) is 0. The summed E-state index contributed by atoms with van der Waals surface area (Å²) in [4.78, 5) is 13.9. The van der Waals surface area contributed by atoms with E-state index < -0.39 is 10.7 Å². The fourth-order valence-corrected chi connectivity index (χ4v) is 1.81. The molecule has 6 heteroatoms. The molecule has 18 heavy (non-hydrogen) atoms. The fraction of sp³-hybridized carbons (Fsp3) is 0.0833. The Kier molecular flexibility index (Phi) is 3.25. The maximum absolute atomic E-state index is 13.6. The topological polar surface area (TPSA) is 56.0 Å². The van der Waals surface area contributed by atoms with Crippen molar-refractivity contribution >= 4 is 17.3 Å². The Morgan fingerprint density at radius 1 is 1.39 bits per heavy atom. The molecule has 0 spiro atoms. The van der Waals surface area contributed by atoms with Crippen LogP contribution < -0.4 is 0 Å². The van der Waals surface area contributed by atoms with Crippen LogP contribution in [0.3, 0.4) is 0 Å². The largest absolute Gasteiger partial charge is 0.272 e. The molecule has 1 heterocycles. The van der Waals surface area contributed by atoms with Crippen molar-refractivity contribution in [3.63, 3.8) is 0 Å². The summed E-state index contributed by atoms with van der Waals surface area (Å²) in [5, 5.41) is 11.0. The van der Waals surface area contributed by atoms with Crippen molar-refractivity contribution in [3.05, 3.63) is 57.1 Å². The van der Waals surface area contributed by atoms with Gasteiger partial charge in [-0.05, 0) is 35.7 Å². The minimum Gasteiger partial charge on any atom is -0.258 e. The van der Waals surface area contributed by atoms with Crippen LogP contribution in [0.25, 0.3) is 11.1 Å². The molecule has 0 bridgehead atoms. The highest BCUT2D eigenvalue weighted by Gasteiger charge is 2.15. The SMILES string of the molecule is Cc1c(F)cc([N+](=O)[O-])cc1-c1ccnc(Cl)c1. The van der Waals surface area contributed by atoms with E-state index in [4.69, 9.17) is 11.6 Å². The van der Waals surface area contributed by atoms with Gasteiger partial charge in [-0.1, -0.05) is 11.6 Å². The smallest absolute Gasteiger partial charge is 0.258 e. The molecular weight excluding hydrogens is 259 g/mol. The number of halogens is 2. The fourth-order valence-electron chi connectivity index (χ4n) is 1.64. The highest BCUT2D eigenvalue weighted by atomic mass is 35.5. The normalized spacial score (nSPS) is 10.4. The van der Waals surface area contributed by atoms with Gasteiger partial charge in [0.15, 0.2) is 0 Å². The van der Waals surface area contributed by atoms with Crippen LogP contribution in [0.5, 0.6) is 0 Å². The number of nitrogens with zero attached hydrogens (tertiary/aromatic N) is 2. The molecule has 0 amide bonds. The Balaban J connectivity index is 2.66. The van der Waals surface area contributed by atoms with Crippen molar-refractivity contribution in [1.29, 1.82) is 0 Å². The van der Waals surface area contributed by atoms with Gasteiger partial charge in [-0.2, -0.15) is 0 Å². The van der Waals surface area contributed by atoms with Crippen LogP contribution in [-0.2, 0) is 0 Å². The van der Waals surface area contributed by atoms with Gasteiger partial charge in [-0.15, -0.1) is 0 Å². The van der Waals surface area contributed by atoms with Crippen molar-refractivity contribution in [1.82, 2.24) is 4.98 Å². The molecule has 2 aromatic rings. The van der Waals surface area contributed by atoms with E-state index in [1.165, 1.54) is 18.3 Å². The zero-order valence-corrected chi connectivity index (χ0v) is 10.1. The van der Waals surface area contributed by atoms with E-state index in [1.807, 2.05) is 0 Å². The lowest BCUT2D eigenvalue weighted by Crippen LogP contribution is -1.94. The first-order chi connectivity index (χ1) is 8.49. The number of nitro benzene ring substituents is 1. The number of nitro groups is 1. The summed E-state index contributed by atoms with van der Waals surface area (Å²) in [6.45, 7) is 1.56. The molecule has 0 saturated carbocycles. The first kappa shape index (κ1) is 12.4. The third-order valence-electron chi connectivity index (χ3n) is 2.58. The summed E-state index contributed by atoms with van der Waals surface area (Å²) in [6.07, 6.45) is 1.47. The van der Waals surface area contributed by atoms with E-state index >= 15 is 0 Å². The average Bonchev–Trinajstić information content (AvgIpc) is 2.32. The maximum Gasteiger partial charge on any atom is 0.272 e. The second-order valence-electron chi connectivity index (χ2n) is 3.72. The first-order valence-electron chi connectivity index (χ1n) is 5.05. The second kappa shape index (κ2) is 4.70. The molecule has 4 nitrogen and oxygen atoms in total. The van der Waals surface area contributed by atoms with Crippen molar-refractivity contribution in [3.8, 4) is 11.1 Å². The van der Waals surface area contributed by atoms with Crippen molar-refractivity contribution < 1.29 is 9.31 Å². The van der Waals surface area contributed by atoms with Crippen LogP contribution in [0.4, 0.5) is 10.1 Å². The number of aromatic nitrogens is 1. The first-order valence-corrected chi connectivity index (χ1v) is 5.43. The zero-order chi connectivity index (χ0) is 13.3. The molecule has 92 valence electrons. The molecule has 0 radical (unpaired) electrons. The minimum atomic E-state index is -0.630. The molecule has 0 atom stereocenters. The van der Waals surface area contributed by atoms with E-state index in [9.17, 15) is 14.5 Å². The summed E-state index contributed by atoms with van der Waals surface area (Å²) in [5.74, 6) is -0.618. The van der Waals surface area contributed by atoms with E-state index in [2.05, 4.69) is 4.98 Å². The van der Waals surface area contributed by atoms with Crippen molar-refractivity contribution in [2.24, 2.45) is 0 Å². The van der Waals surface area contributed by atoms with Crippen LogP contribution in [-0.4, -0.2) is 9.91 Å². The Hall–Kier alpha value is -2.01. The Morgan fingerprint density at radius 2 is 2.11 bits per heavy atom. The molecule has 0 saturated heterocycles. The van der Waals surface area contributed by atoms with Crippen LogP contribution in [0.2, 0.25) is 5.15 Å². The van der Waals surface area contributed by atoms with E-state index in [0.29, 0.717) is 16.7 Å². The average molecular weight is 267 g/mol. The summed E-state index contributed by atoms with van der Waals surface area (Å²) in [7, 11) is 0. The lowest BCUT2D eigenvalue weighted by molar-refractivity contribution is -0.385. The van der Waals surface area contributed by atoms with Crippen LogP contribution in [0.15, 0.2) is 30.5 Å². The van der Waals surface area contributed by atoms with Crippen molar-refractivity contribution in [2.45, 2.75) is 6.92 Å². The minimum absolute atomic E-state index is 0.249. The molecule has 0 fully saturated rings.